The highest BCUT2D eigenvalue weighted by Gasteiger charge is 2.18. The van der Waals surface area contributed by atoms with E-state index in [1.165, 1.54) is 379 Å². The molecule has 0 aromatic carbocycles. The summed E-state index contributed by atoms with van der Waals surface area (Å²) in [5.74, 6) is -0.0423. The van der Waals surface area contributed by atoms with Crippen LogP contribution in [0.4, 0.5) is 0 Å². The first kappa shape index (κ1) is 85.1. The Morgan fingerprint density at radius 3 is 0.816 bits per heavy atom. The number of nitrogens with one attached hydrogen (secondary N) is 1. The van der Waals surface area contributed by atoms with Crippen molar-refractivity contribution in [3.05, 3.63) is 36.5 Å². The minimum atomic E-state index is -0.843. The van der Waals surface area contributed by atoms with Gasteiger partial charge in [0.25, 0.3) is 0 Å². The Morgan fingerprint density at radius 1 is 0.310 bits per heavy atom. The maximum Gasteiger partial charge on any atom is 0.305 e. The summed E-state index contributed by atoms with van der Waals surface area (Å²) in [5.41, 5.74) is 0. The third kappa shape index (κ3) is 73.0. The molecule has 0 heterocycles. The zero-order valence-corrected chi connectivity index (χ0v) is 59.0. The van der Waals surface area contributed by atoms with Gasteiger partial charge in [0, 0.05) is 12.8 Å². The first-order valence-corrected chi connectivity index (χ1v) is 39.8. The lowest BCUT2D eigenvalue weighted by Crippen LogP contribution is -2.45. The molecule has 0 radical (unpaired) electrons. The number of ether oxygens (including phenoxy) is 1. The predicted molar refractivity (Wildman–Crippen MR) is 384 cm³/mol. The Kier molecular flexibility index (Phi) is 74.8. The lowest BCUT2D eigenvalue weighted by atomic mass is 10.0. The maximum absolute atomic E-state index is 12.5. The molecule has 0 aliphatic carbocycles. The molecule has 2 atom stereocenters. The number of allylic oxidation sites excluding steroid dienone is 5. The quantitative estimate of drug-likeness (QED) is 0.0320. The number of esters is 1. The van der Waals surface area contributed by atoms with Gasteiger partial charge < -0.3 is 20.3 Å². The van der Waals surface area contributed by atoms with Gasteiger partial charge in [0.05, 0.1) is 25.4 Å². The fourth-order valence-electron chi connectivity index (χ4n) is 12.6. The molecule has 0 saturated carbocycles. The van der Waals surface area contributed by atoms with E-state index in [9.17, 15) is 19.8 Å². The monoisotopic (exact) mass is 1220 g/mol. The second-order valence-electron chi connectivity index (χ2n) is 27.4. The second-order valence-corrected chi connectivity index (χ2v) is 27.4. The average Bonchev–Trinajstić information content (AvgIpc) is 3.59. The van der Waals surface area contributed by atoms with Crippen LogP contribution in [-0.4, -0.2) is 47.4 Å². The average molecular weight is 1220 g/mol. The first-order valence-electron chi connectivity index (χ1n) is 39.8. The Bertz CT molecular complexity index is 1410. The molecular weight excluding hydrogens is 1070 g/mol. The third-order valence-electron chi connectivity index (χ3n) is 18.6. The molecule has 6 nitrogen and oxygen atoms in total. The van der Waals surface area contributed by atoms with Gasteiger partial charge in [0.15, 0.2) is 0 Å². The van der Waals surface area contributed by atoms with E-state index in [1.54, 1.807) is 6.08 Å². The molecule has 514 valence electrons. The summed E-state index contributed by atoms with van der Waals surface area (Å²) in [6, 6.07) is -0.626. The van der Waals surface area contributed by atoms with Crippen molar-refractivity contribution in [2.75, 3.05) is 13.2 Å². The van der Waals surface area contributed by atoms with Crippen molar-refractivity contribution in [1.82, 2.24) is 5.32 Å². The third-order valence-corrected chi connectivity index (χ3v) is 18.6. The molecule has 0 aromatic heterocycles. The van der Waals surface area contributed by atoms with E-state index in [0.29, 0.717) is 19.4 Å². The van der Waals surface area contributed by atoms with Crippen LogP contribution in [-0.2, 0) is 14.3 Å². The van der Waals surface area contributed by atoms with Crippen molar-refractivity contribution in [2.24, 2.45) is 0 Å². The highest BCUT2D eigenvalue weighted by molar-refractivity contribution is 5.76. The van der Waals surface area contributed by atoms with Crippen molar-refractivity contribution < 1.29 is 24.5 Å². The van der Waals surface area contributed by atoms with E-state index < -0.39 is 12.1 Å². The molecular formula is C81H155NO5. The van der Waals surface area contributed by atoms with Crippen LogP contribution in [0, 0.1) is 0 Å². The number of unbranched alkanes of at least 4 members (excludes halogenated alkanes) is 60. The van der Waals surface area contributed by atoms with Gasteiger partial charge in [-0.05, 0) is 83.5 Å². The topological polar surface area (TPSA) is 95.9 Å². The van der Waals surface area contributed by atoms with Crippen LogP contribution < -0.4 is 5.32 Å². The van der Waals surface area contributed by atoms with Gasteiger partial charge in [-0.2, -0.15) is 0 Å². The van der Waals surface area contributed by atoms with E-state index >= 15 is 0 Å². The van der Waals surface area contributed by atoms with Crippen molar-refractivity contribution in [3.8, 4) is 0 Å². The smallest absolute Gasteiger partial charge is 0.305 e. The van der Waals surface area contributed by atoms with E-state index in [-0.39, 0.29) is 18.5 Å². The van der Waals surface area contributed by atoms with Crippen LogP contribution >= 0.6 is 0 Å². The Hall–Kier alpha value is -1.92. The molecule has 0 fully saturated rings. The standard InChI is InChI=1S/C81H155NO5/c1-3-5-7-9-11-13-15-17-19-21-38-43-47-51-55-59-63-67-71-75-81(86)87-76-72-68-64-60-56-52-48-44-40-37-35-33-31-29-27-25-23-24-26-28-30-32-34-36-39-42-46-50-54-58-62-66-70-74-80(85)82-78(77-83)79(84)73-69-65-61-57-53-49-45-41-22-20-18-16-14-12-10-8-6-4-2/h17,19,27,29,69,73,78-79,83-84H,3-16,18,20-26,28,30-68,70-72,74-77H2,1-2H3,(H,82,85)/b19-17-,29-27-,73-69+. The SMILES string of the molecule is CCCCCCCC/C=C\CCCCCCCCCCCC(=O)OCCCCCCCCCCCCCC/C=C\CCCCCCCCCCCCCCCCCCCC(=O)NC(CO)C(O)/C=C/CCCCCCCCCCCCCCCCCC. The molecule has 0 saturated heterocycles. The Balaban J connectivity index is 3.35. The Labute approximate surface area is 544 Å². The van der Waals surface area contributed by atoms with Crippen LogP contribution in [0.3, 0.4) is 0 Å². The fraction of sp³-hybridized carbons (Fsp3) is 0.901. The lowest BCUT2D eigenvalue weighted by molar-refractivity contribution is -0.143. The van der Waals surface area contributed by atoms with Crippen LogP contribution in [0.5, 0.6) is 0 Å². The molecule has 1 amide bonds. The minimum Gasteiger partial charge on any atom is -0.466 e. The highest BCUT2D eigenvalue weighted by atomic mass is 16.5. The van der Waals surface area contributed by atoms with Crippen LogP contribution in [0.1, 0.15) is 444 Å². The number of hydrogen-bond donors (Lipinski definition) is 3. The second kappa shape index (κ2) is 76.5. The summed E-state index contributed by atoms with van der Waals surface area (Å²) >= 11 is 0. The molecule has 0 aliphatic heterocycles. The molecule has 0 rings (SSSR count). The largest absolute Gasteiger partial charge is 0.466 e. The summed E-state index contributed by atoms with van der Waals surface area (Å²) < 4.78 is 5.52. The number of aliphatic hydroxyl groups is 2. The zero-order valence-electron chi connectivity index (χ0n) is 59.0. The van der Waals surface area contributed by atoms with Crippen molar-refractivity contribution in [3.63, 3.8) is 0 Å². The van der Waals surface area contributed by atoms with Crippen molar-refractivity contribution >= 4 is 11.9 Å². The van der Waals surface area contributed by atoms with Crippen molar-refractivity contribution in [2.45, 2.75) is 456 Å². The zero-order chi connectivity index (χ0) is 62.8. The minimum absolute atomic E-state index is 0.0188. The molecule has 0 bridgehead atoms. The van der Waals surface area contributed by atoms with Crippen LogP contribution in [0.25, 0.3) is 0 Å². The van der Waals surface area contributed by atoms with Gasteiger partial charge >= 0.3 is 5.97 Å². The molecule has 0 aromatic rings. The highest BCUT2D eigenvalue weighted by Crippen LogP contribution is 2.19. The number of hydrogen-bond acceptors (Lipinski definition) is 5. The van der Waals surface area contributed by atoms with Crippen LogP contribution in [0.2, 0.25) is 0 Å². The maximum atomic E-state index is 12.5. The number of carbonyl (C=O) groups excluding carboxylic acids is 2. The predicted octanol–water partition coefficient (Wildman–Crippen LogP) is 26.2. The molecule has 6 heteroatoms. The molecule has 87 heavy (non-hydrogen) atoms. The van der Waals surface area contributed by atoms with E-state index in [0.717, 1.165) is 38.5 Å². The van der Waals surface area contributed by atoms with E-state index in [1.807, 2.05) is 6.08 Å². The molecule has 3 N–H and O–H groups in total. The van der Waals surface area contributed by atoms with Gasteiger partial charge in [-0.15, -0.1) is 0 Å². The van der Waals surface area contributed by atoms with Crippen LogP contribution in [0.15, 0.2) is 36.5 Å². The summed E-state index contributed by atoms with van der Waals surface area (Å²) in [7, 11) is 0. The van der Waals surface area contributed by atoms with Gasteiger partial charge in [0.1, 0.15) is 0 Å². The number of amides is 1. The Morgan fingerprint density at radius 2 is 0.540 bits per heavy atom. The van der Waals surface area contributed by atoms with Gasteiger partial charge in [-0.1, -0.05) is 384 Å². The van der Waals surface area contributed by atoms with E-state index in [4.69, 9.17) is 4.74 Å². The van der Waals surface area contributed by atoms with Gasteiger partial charge in [-0.3, -0.25) is 9.59 Å². The van der Waals surface area contributed by atoms with Gasteiger partial charge in [0.2, 0.25) is 5.91 Å². The summed E-state index contributed by atoms with van der Waals surface area (Å²) in [6.45, 7) is 4.95. The van der Waals surface area contributed by atoms with E-state index in [2.05, 4.69) is 43.5 Å². The lowest BCUT2D eigenvalue weighted by Gasteiger charge is -2.20. The number of carbonyl (C=O) groups is 2. The van der Waals surface area contributed by atoms with Crippen molar-refractivity contribution in [1.29, 1.82) is 0 Å². The number of aliphatic hydroxyl groups excluding tert-OH is 2. The first-order chi connectivity index (χ1) is 43.0. The number of rotatable bonds is 75. The normalized spacial score (nSPS) is 12.6. The summed E-state index contributed by atoms with van der Waals surface area (Å²) in [4.78, 5) is 24.7. The fourth-order valence-corrected chi connectivity index (χ4v) is 12.6. The summed E-state index contributed by atoms with van der Waals surface area (Å²) in [5, 5.41) is 23.2. The molecule has 2 unspecified atom stereocenters. The molecule has 0 spiro atoms. The summed E-state index contributed by atoms with van der Waals surface area (Å²) in [6.07, 6.45) is 99.8. The van der Waals surface area contributed by atoms with Gasteiger partial charge in [-0.25, -0.2) is 0 Å². The molecule has 0 aliphatic rings.